The Hall–Kier alpha value is -2.96. The highest BCUT2D eigenvalue weighted by Gasteiger charge is 2.28. The van der Waals surface area contributed by atoms with Crippen LogP contribution in [0.5, 0.6) is 11.5 Å². The molecular weight excluding hydrogens is 372 g/mol. The van der Waals surface area contributed by atoms with Gasteiger partial charge in [-0.2, -0.15) is 0 Å². The summed E-state index contributed by atoms with van der Waals surface area (Å²) in [6, 6.07) is 9.61. The molecule has 1 aromatic carbocycles. The molecule has 1 aromatic heterocycles. The van der Waals surface area contributed by atoms with Crippen LogP contribution in [0.1, 0.15) is 47.6 Å². The summed E-state index contributed by atoms with van der Waals surface area (Å²) in [5.41, 5.74) is 2.48. The summed E-state index contributed by atoms with van der Waals surface area (Å²) >= 11 is 0. The zero-order valence-corrected chi connectivity index (χ0v) is 17.2. The minimum absolute atomic E-state index is 0.311. The standard InChI is InChI=1S/C22H28N2O5/c1-4-27-18-7-9-19(10-8-18)28-12-11-23-21(25)14-29-22(26)20-13-15(2)24(16(20)3)17-5-6-17/h7-10,13,17H,4-6,11-12,14H2,1-3H3,(H,23,25). The van der Waals surface area contributed by atoms with Crippen molar-refractivity contribution in [2.24, 2.45) is 0 Å². The molecule has 1 saturated carbocycles. The van der Waals surface area contributed by atoms with Crippen LogP contribution >= 0.6 is 0 Å². The van der Waals surface area contributed by atoms with Crippen LogP contribution < -0.4 is 14.8 Å². The molecular formula is C22H28N2O5. The predicted molar refractivity (Wildman–Crippen MR) is 109 cm³/mol. The molecule has 1 N–H and O–H groups in total. The molecule has 1 aliphatic rings. The summed E-state index contributed by atoms with van der Waals surface area (Å²) in [4.78, 5) is 24.2. The van der Waals surface area contributed by atoms with Gasteiger partial charge >= 0.3 is 5.97 Å². The molecule has 0 saturated heterocycles. The summed E-state index contributed by atoms with van der Waals surface area (Å²) in [7, 11) is 0. The molecule has 0 radical (unpaired) electrons. The Morgan fingerprint density at radius 1 is 1.10 bits per heavy atom. The molecule has 0 unspecified atom stereocenters. The Labute approximate surface area is 170 Å². The van der Waals surface area contributed by atoms with Crippen LogP contribution in [0.4, 0.5) is 0 Å². The number of esters is 1. The molecule has 29 heavy (non-hydrogen) atoms. The van der Waals surface area contributed by atoms with E-state index in [0.717, 1.165) is 30.0 Å². The Bertz CT molecular complexity index is 853. The highest BCUT2D eigenvalue weighted by molar-refractivity contribution is 5.92. The molecule has 7 nitrogen and oxygen atoms in total. The molecule has 3 rings (SSSR count). The lowest BCUT2D eigenvalue weighted by Gasteiger charge is -2.10. The van der Waals surface area contributed by atoms with Gasteiger partial charge in [-0.15, -0.1) is 0 Å². The molecule has 1 aliphatic carbocycles. The van der Waals surface area contributed by atoms with E-state index in [2.05, 4.69) is 9.88 Å². The Balaban J connectivity index is 1.36. The lowest BCUT2D eigenvalue weighted by molar-refractivity contribution is -0.124. The summed E-state index contributed by atoms with van der Waals surface area (Å²) in [6.07, 6.45) is 2.29. The largest absolute Gasteiger partial charge is 0.494 e. The summed E-state index contributed by atoms with van der Waals surface area (Å²) in [6.45, 7) is 6.77. The van der Waals surface area contributed by atoms with Crippen molar-refractivity contribution < 1.29 is 23.8 Å². The summed E-state index contributed by atoms with van der Waals surface area (Å²) in [5.74, 6) is 0.656. The first-order valence-electron chi connectivity index (χ1n) is 9.97. The van der Waals surface area contributed by atoms with Crippen molar-refractivity contribution in [3.63, 3.8) is 0 Å². The minimum atomic E-state index is -0.467. The highest BCUT2D eigenvalue weighted by Crippen LogP contribution is 2.38. The van der Waals surface area contributed by atoms with Crippen molar-refractivity contribution in [3.8, 4) is 11.5 Å². The van der Waals surface area contributed by atoms with E-state index >= 15 is 0 Å². The number of benzene rings is 1. The number of aromatic nitrogens is 1. The fraction of sp³-hybridized carbons (Fsp3) is 0.455. The maximum absolute atomic E-state index is 12.3. The molecule has 0 atom stereocenters. The van der Waals surface area contributed by atoms with Gasteiger partial charge in [0.15, 0.2) is 6.61 Å². The minimum Gasteiger partial charge on any atom is -0.494 e. The van der Waals surface area contributed by atoms with E-state index < -0.39 is 5.97 Å². The van der Waals surface area contributed by atoms with Crippen molar-refractivity contribution in [1.82, 2.24) is 9.88 Å². The molecule has 1 fully saturated rings. The third-order valence-corrected chi connectivity index (χ3v) is 4.78. The zero-order valence-electron chi connectivity index (χ0n) is 17.2. The lowest BCUT2D eigenvalue weighted by atomic mass is 10.2. The first-order valence-corrected chi connectivity index (χ1v) is 9.97. The van der Waals surface area contributed by atoms with Gasteiger partial charge in [-0.25, -0.2) is 4.79 Å². The number of amides is 1. The van der Waals surface area contributed by atoms with Gasteiger partial charge in [0.05, 0.1) is 18.7 Å². The number of hydrogen-bond acceptors (Lipinski definition) is 5. The average molecular weight is 400 g/mol. The average Bonchev–Trinajstić information content (AvgIpc) is 3.49. The van der Waals surface area contributed by atoms with Crippen LogP contribution in [0.15, 0.2) is 30.3 Å². The van der Waals surface area contributed by atoms with Crippen LogP contribution in [0.2, 0.25) is 0 Å². The maximum Gasteiger partial charge on any atom is 0.340 e. The van der Waals surface area contributed by atoms with Gasteiger partial charge in [0.2, 0.25) is 0 Å². The fourth-order valence-electron chi connectivity index (χ4n) is 3.30. The monoisotopic (exact) mass is 400 g/mol. The van der Waals surface area contributed by atoms with Crippen molar-refractivity contribution in [2.75, 3.05) is 26.4 Å². The van der Waals surface area contributed by atoms with Crippen LogP contribution in [0.25, 0.3) is 0 Å². The molecule has 1 heterocycles. The SMILES string of the molecule is CCOc1ccc(OCCNC(=O)COC(=O)c2cc(C)n(C3CC3)c2C)cc1. The second kappa shape index (κ2) is 9.49. The maximum atomic E-state index is 12.3. The third kappa shape index (κ3) is 5.53. The van der Waals surface area contributed by atoms with Crippen LogP contribution in [-0.2, 0) is 9.53 Å². The van der Waals surface area contributed by atoms with Crippen LogP contribution in [0, 0.1) is 13.8 Å². The smallest absolute Gasteiger partial charge is 0.340 e. The van der Waals surface area contributed by atoms with Gasteiger partial charge < -0.3 is 24.1 Å². The third-order valence-electron chi connectivity index (χ3n) is 4.78. The number of aryl methyl sites for hydroxylation is 1. The normalized spacial score (nSPS) is 13.1. The first kappa shape index (κ1) is 20.8. The Morgan fingerprint density at radius 2 is 1.76 bits per heavy atom. The molecule has 1 amide bonds. The Kier molecular flexibility index (Phi) is 6.80. The van der Waals surface area contributed by atoms with Crippen molar-refractivity contribution >= 4 is 11.9 Å². The van der Waals surface area contributed by atoms with Crippen molar-refractivity contribution in [2.45, 2.75) is 39.7 Å². The molecule has 2 aromatic rings. The molecule has 0 aliphatic heterocycles. The zero-order chi connectivity index (χ0) is 20.8. The lowest BCUT2D eigenvalue weighted by Crippen LogP contribution is -2.32. The Morgan fingerprint density at radius 3 is 2.38 bits per heavy atom. The fourth-order valence-corrected chi connectivity index (χ4v) is 3.30. The number of nitrogens with zero attached hydrogens (tertiary/aromatic N) is 1. The van der Waals surface area contributed by atoms with E-state index in [4.69, 9.17) is 14.2 Å². The van der Waals surface area contributed by atoms with Crippen molar-refractivity contribution in [1.29, 1.82) is 0 Å². The number of carbonyl (C=O) groups excluding carboxylic acids is 2. The highest BCUT2D eigenvalue weighted by atomic mass is 16.5. The number of hydrogen-bond donors (Lipinski definition) is 1. The van der Waals surface area contributed by atoms with Crippen LogP contribution in [-0.4, -0.2) is 42.8 Å². The van der Waals surface area contributed by atoms with Crippen LogP contribution in [0.3, 0.4) is 0 Å². The van der Waals surface area contributed by atoms with Gasteiger partial charge in [-0.1, -0.05) is 0 Å². The summed E-state index contributed by atoms with van der Waals surface area (Å²) in [5, 5.41) is 2.68. The quantitative estimate of drug-likeness (QED) is 0.489. The van der Waals surface area contributed by atoms with Gasteiger partial charge in [0, 0.05) is 17.4 Å². The van der Waals surface area contributed by atoms with E-state index in [0.29, 0.717) is 37.1 Å². The van der Waals surface area contributed by atoms with E-state index in [1.165, 1.54) is 0 Å². The predicted octanol–water partition coefficient (Wildman–Crippen LogP) is 3.19. The van der Waals surface area contributed by atoms with E-state index in [9.17, 15) is 9.59 Å². The molecule has 156 valence electrons. The van der Waals surface area contributed by atoms with Crippen molar-refractivity contribution in [3.05, 3.63) is 47.3 Å². The van der Waals surface area contributed by atoms with E-state index in [1.807, 2.05) is 51.1 Å². The van der Waals surface area contributed by atoms with E-state index in [-0.39, 0.29) is 12.5 Å². The number of carbonyl (C=O) groups is 2. The van der Waals surface area contributed by atoms with E-state index in [1.54, 1.807) is 0 Å². The number of nitrogens with one attached hydrogen (secondary N) is 1. The molecule has 0 bridgehead atoms. The number of ether oxygens (including phenoxy) is 3. The second-order valence-corrected chi connectivity index (χ2v) is 7.06. The molecule has 0 spiro atoms. The summed E-state index contributed by atoms with van der Waals surface area (Å²) < 4.78 is 18.3. The first-order chi connectivity index (χ1) is 14.0. The number of rotatable bonds is 10. The van der Waals surface area contributed by atoms with Gasteiger partial charge in [0.25, 0.3) is 5.91 Å². The molecule has 7 heteroatoms. The topological polar surface area (TPSA) is 78.8 Å². The van der Waals surface area contributed by atoms with Gasteiger partial charge in [-0.05, 0) is 63.9 Å². The van der Waals surface area contributed by atoms with Gasteiger partial charge in [-0.3, -0.25) is 4.79 Å². The second-order valence-electron chi connectivity index (χ2n) is 7.06. The van der Waals surface area contributed by atoms with Gasteiger partial charge in [0.1, 0.15) is 18.1 Å².